The van der Waals surface area contributed by atoms with Gasteiger partial charge in [0.2, 0.25) is 0 Å². The summed E-state index contributed by atoms with van der Waals surface area (Å²) in [6, 6.07) is 8.14. The molecule has 1 aromatic carbocycles. The SMILES string of the molecule is CS(=O)(=O)O.CS(=O)(=O)O.NCc1ccc(CN=C(N)NCC2CC2)cc1. The van der Waals surface area contributed by atoms with Gasteiger partial charge in [-0.1, -0.05) is 24.3 Å². The number of nitrogens with zero attached hydrogens (tertiary/aromatic N) is 1. The minimum atomic E-state index is -3.67. The first-order valence-electron chi connectivity index (χ1n) is 7.94. The number of benzene rings is 1. The maximum Gasteiger partial charge on any atom is 0.261 e. The second-order valence-electron chi connectivity index (χ2n) is 6.01. The zero-order valence-corrected chi connectivity index (χ0v) is 17.0. The first-order valence-corrected chi connectivity index (χ1v) is 11.6. The molecule has 0 atom stereocenters. The normalized spacial score (nSPS) is 14.3. The number of nitrogens with two attached hydrogens (primary N) is 2. The van der Waals surface area contributed by atoms with Crippen molar-refractivity contribution in [3.8, 4) is 0 Å². The Labute approximate surface area is 160 Å². The largest absolute Gasteiger partial charge is 0.370 e. The molecule has 1 fully saturated rings. The van der Waals surface area contributed by atoms with E-state index in [0.29, 0.717) is 31.6 Å². The van der Waals surface area contributed by atoms with Crippen LogP contribution in [-0.4, -0.2) is 51.0 Å². The Hall–Kier alpha value is -1.73. The van der Waals surface area contributed by atoms with Crippen molar-refractivity contribution >= 4 is 26.2 Å². The van der Waals surface area contributed by atoms with Gasteiger partial charge in [-0.3, -0.25) is 9.11 Å². The van der Waals surface area contributed by atoms with Gasteiger partial charge in [0.15, 0.2) is 5.96 Å². The Balaban J connectivity index is 0.000000563. The predicted octanol–water partition coefficient (Wildman–Crippen LogP) is -0.0324. The number of rotatable bonds is 5. The fourth-order valence-electron chi connectivity index (χ4n) is 1.58. The molecule has 0 radical (unpaired) electrons. The summed E-state index contributed by atoms with van der Waals surface area (Å²) in [7, 11) is -7.33. The average Bonchev–Trinajstić information content (AvgIpc) is 3.32. The topological polar surface area (TPSA) is 185 Å². The van der Waals surface area contributed by atoms with Crippen LogP contribution in [0.3, 0.4) is 0 Å². The van der Waals surface area contributed by atoms with Crippen LogP contribution in [0.2, 0.25) is 0 Å². The third kappa shape index (κ3) is 22.2. The summed E-state index contributed by atoms with van der Waals surface area (Å²) in [6.07, 6.45) is 4.07. The molecule has 0 unspecified atom stereocenters. The number of hydrogen-bond acceptors (Lipinski definition) is 6. The number of nitrogens with one attached hydrogen (secondary N) is 1. The minimum absolute atomic E-state index is 0.541. The fraction of sp³-hybridized carbons (Fsp3) is 0.533. The van der Waals surface area contributed by atoms with E-state index in [1.54, 1.807) is 0 Å². The summed E-state index contributed by atoms with van der Waals surface area (Å²) >= 11 is 0. The summed E-state index contributed by atoms with van der Waals surface area (Å²) in [5.74, 6) is 1.35. The van der Waals surface area contributed by atoms with Gasteiger partial charge >= 0.3 is 0 Å². The molecule has 156 valence electrons. The Bertz CT molecular complexity index is 742. The highest BCUT2D eigenvalue weighted by Crippen LogP contribution is 2.27. The molecule has 0 bridgehead atoms. The second-order valence-corrected chi connectivity index (χ2v) is 8.94. The van der Waals surface area contributed by atoms with E-state index >= 15 is 0 Å². The first-order chi connectivity index (χ1) is 12.3. The van der Waals surface area contributed by atoms with Crippen molar-refractivity contribution < 1.29 is 25.9 Å². The van der Waals surface area contributed by atoms with Gasteiger partial charge in [0.25, 0.3) is 20.2 Å². The van der Waals surface area contributed by atoms with Crippen LogP contribution < -0.4 is 16.8 Å². The van der Waals surface area contributed by atoms with Crippen molar-refractivity contribution in [1.82, 2.24) is 5.32 Å². The quantitative estimate of drug-likeness (QED) is 0.246. The van der Waals surface area contributed by atoms with Crippen LogP contribution in [0.25, 0.3) is 0 Å². The predicted molar refractivity (Wildman–Crippen MR) is 105 cm³/mol. The third-order valence-electron chi connectivity index (χ3n) is 2.96. The molecule has 27 heavy (non-hydrogen) atoms. The maximum absolute atomic E-state index is 9.19. The highest BCUT2D eigenvalue weighted by Gasteiger charge is 2.20. The van der Waals surface area contributed by atoms with E-state index in [1.807, 2.05) is 24.3 Å². The summed E-state index contributed by atoms with van der Waals surface area (Å²) in [6.45, 7) is 2.16. The second kappa shape index (κ2) is 11.9. The molecule has 0 saturated heterocycles. The molecular weight excluding hydrogens is 396 g/mol. The Morgan fingerprint density at radius 2 is 1.48 bits per heavy atom. The molecule has 0 aromatic heterocycles. The number of hydrogen-bond donors (Lipinski definition) is 5. The van der Waals surface area contributed by atoms with Gasteiger partial charge in [0, 0.05) is 13.1 Å². The van der Waals surface area contributed by atoms with Gasteiger partial charge in [-0.15, -0.1) is 0 Å². The summed E-state index contributed by atoms with van der Waals surface area (Å²) in [4.78, 5) is 4.30. The van der Waals surface area contributed by atoms with Gasteiger partial charge in [-0.05, 0) is 29.9 Å². The van der Waals surface area contributed by atoms with Gasteiger partial charge < -0.3 is 16.8 Å². The number of aliphatic imine (C=N–C) groups is 1. The molecule has 7 N–H and O–H groups in total. The molecular formula is C15H28N4O6S2. The van der Waals surface area contributed by atoms with E-state index in [2.05, 4.69) is 10.3 Å². The molecule has 10 nitrogen and oxygen atoms in total. The third-order valence-corrected chi connectivity index (χ3v) is 2.96. The Morgan fingerprint density at radius 3 is 1.85 bits per heavy atom. The lowest BCUT2D eigenvalue weighted by Crippen LogP contribution is -2.33. The fourth-order valence-corrected chi connectivity index (χ4v) is 1.58. The molecule has 0 aliphatic heterocycles. The zero-order chi connectivity index (χ0) is 21.1. The standard InChI is InChI=1S/C13H20N4.2CH4O3S/c14-7-10-1-3-11(4-2-10)8-16-13(15)17-9-12-5-6-12;2*1-5(2,3)4/h1-4,12H,5-9,14H2,(H3,15,16,17);2*1H3,(H,2,3,4). The molecule has 1 aliphatic carbocycles. The summed E-state index contributed by atoms with van der Waals surface area (Å²) in [5.41, 5.74) is 13.6. The van der Waals surface area contributed by atoms with E-state index in [4.69, 9.17) is 20.6 Å². The van der Waals surface area contributed by atoms with Crippen molar-refractivity contribution in [1.29, 1.82) is 0 Å². The lowest BCUT2D eigenvalue weighted by molar-refractivity contribution is 0.488. The van der Waals surface area contributed by atoms with Crippen molar-refractivity contribution in [2.75, 3.05) is 19.1 Å². The molecule has 0 spiro atoms. The van der Waals surface area contributed by atoms with Crippen LogP contribution in [0, 0.1) is 5.92 Å². The molecule has 2 rings (SSSR count). The lowest BCUT2D eigenvalue weighted by Gasteiger charge is -2.04. The van der Waals surface area contributed by atoms with Crippen LogP contribution in [-0.2, 0) is 33.3 Å². The average molecular weight is 425 g/mol. The molecule has 1 aliphatic rings. The van der Waals surface area contributed by atoms with Crippen molar-refractivity contribution in [2.24, 2.45) is 22.4 Å². The summed E-state index contributed by atoms with van der Waals surface area (Å²) in [5, 5.41) is 3.15. The Morgan fingerprint density at radius 1 is 1.07 bits per heavy atom. The monoisotopic (exact) mass is 424 g/mol. The van der Waals surface area contributed by atoms with Crippen LogP contribution in [0.1, 0.15) is 24.0 Å². The highest BCUT2D eigenvalue weighted by atomic mass is 32.2. The van der Waals surface area contributed by atoms with Crippen LogP contribution in [0.15, 0.2) is 29.3 Å². The minimum Gasteiger partial charge on any atom is -0.370 e. The van der Waals surface area contributed by atoms with E-state index in [1.165, 1.54) is 12.8 Å². The van der Waals surface area contributed by atoms with E-state index in [-0.39, 0.29) is 0 Å². The molecule has 0 heterocycles. The number of guanidine groups is 1. The molecule has 0 amide bonds. The smallest absolute Gasteiger partial charge is 0.261 e. The van der Waals surface area contributed by atoms with E-state index < -0.39 is 20.2 Å². The summed E-state index contributed by atoms with van der Waals surface area (Å²) < 4.78 is 51.7. The van der Waals surface area contributed by atoms with Crippen LogP contribution >= 0.6 is 0 Å². The maximum atomic E-state index is 9.19. The van der Waals surface area contributed by atoms with Gasteiger partial charge in [0.1, 0.15) is 0 Å². The van der Waals surface area contributed by atoms with Crippen molar-refractivity contribution in [2.45, 2.75) is 25.9 Å². The Kier molecular flexibility index (Phi) is 11.1. The van der Waals surface area contributed by atoms with E-state index in [0.717, 1.165) is 23.6 Å². The lowest BCUT2D eigenvalue weighted by atomic mass is 10.1. The van der Waals surface area contributed by atoms with Crippen molar-refractivity contribution in [3.05, 3.63) is 35.4 Å². The first kappa shape index (κ1) is 25.3. The van der Waals surface area contributed by atoms with Gasteiger partial charge in [-0.2, -0.15) is 16.8 Å². The van der Waals surface area contributed by atoms with Gasteiger partial charge in [-0.25, -0.2) is 4.99 Å². The zero-order valence-electron chi connectivity index (χ0n) is 15.4. The van der Waals surface area contributed by atoms with Crippen LogP contribution in [0.5, 0.6) is 0 Å². The van der Waals surface area contributed by atoms with Gasteiger partial charge in [0.05, 0.1) is 19.1 Å². The van der Waals surface area contributed by atoms with Crippen molar-refractivity contribution in [3.63, 3.8) is 0 Å². The van der Waals surface area contributed by atoms with E-state index in [9.17, 15) is 16.8 Å². The molecule has 1 aromatic rings. The molecule has 1 saturated carbocycles. The highest BCUT2D eigenvalue weighted by molar-refractivity contribution is 7.85. The van der Waals surface area contributed by atoms with Crippen LogP contribution in [0.4, 0.5) is 0 Å². The molecule has 12 heteroatoms.